The summed E-state index contributed by atoms with van der Waals surface area (Å²) in [6, 6.07) is 7.79. The van der Waals surface area contributed by atoms with Crippen molar-refractivity contribution in [3.8, 4) is 5.75 Å². The summed E-state index contributed by atoms with van der Waals surface area (Å²) in [6.45, 7) is 3.84. The standard InChI is InChI=1S/C22H22Cl2F2N2O5/c1-12-7-6-8-15(20(28-31-5)21(29)30-4)16(12)11-32-27-13(2)19-17(24)9-14(23)10-18(19)33-22(3,25)26/h6-10H,11H2,1-5H3/b27-13+,28-20+. The van der Waals surface area contributed by atoms with Gasteiger partial charge in [0, 0.05) is 23.1 Å². The largest absolute Gasteiger partial charge is 0.464 e. The van der Waals surface area contributed by atoms with Crippen LogP contribution >= 0.6 is 23.2 Å². The monoisotopic (exact) mass is 502 g/mol. The summed E-state index contributed by atoms with van der Waals surface area (Å²) in [5, 5.41) is 7.93. The molecule has 0 fully saturated rings. The second-order valence-electron chi connectivity index (χ2n) is 6.84. The molecule has 2 aromatic rings. The number of nitrogens with zero attached hydrogens (tertiary/aromatic N) is 2. The molecule has 0 aliphatic rings. The number of alkyl halides is 2. The van der Waals surface area contributed by atoms with Crippen molar-refractivity contribution in [3.05, 3.63) is 62.6 Å². The van der Waals surface area contributed by atoms with E-state index in [-0.39, 0.29) is 39.4 Å². The van der Waals surface area contributed by atoms with Crippen LogP contribution in [0.1, 0.15) is 36.1 Å². The predicted molar refractivity (Wildman–Crippen MR) is 121 cm³/mol. The van der Waals surface area contributed by atoms with E-state index in [0.29, 0.717) is 18.1 Å². The Hall–Kier alpha value is -2.91. The van der Waals surface area contributed by atoms with Gasteiger partial charge in [-0.05, 0) is 31.5 Å². The molecule has 0 aliphatic heterocycles. The van der Waals surface area contributed by atoms with E-state index < -0.39 is 12.1 Å². The summed E-state index contributed by atoms with van der Waals surface area (Å²) in [5.74, 6) is -0.944. The van der Waals surface area contributed by atoms with Gasteiger partial charge in [-0.15, -0.1) is 0 Å². The third kappa shape index (κ3) is 7.03. The Morgan fingerprint density at radius 1 is 1.15 bits per heavy atom. The first-order valence-electron chi connectivity index (χ1n) is 9.49. The van der Waals surface area contributed by atoms with E-state index in [1.165, 1.54) is 33.3 Å². The maximum Gasteiger partial charge on any atom is 0.394 e. The normalized spacial score (nSPS) is 12.4. The van der Waals surface area contributed by atoms with Crippen molar-refractivity contribution in [1.82, 2.24) is 0 Å². The van der Waals surface area contributed by atoms with Crippen molar-refractivity contribution in [2.24, 2.45) is 10.3 Å². The molecule has 11 heteroatoms. The fraction of sp³-hybridized carbons (Fsp3) is 0.318. The van der Waals surface area contributed by atoms with Crippen LogP contribution in [0.15, 0.2) is 40.6 Å². The molecular weight excluding hydrogens is 481 g/mol. The topological polar surface area (TPSA) is 78.7 Å². The highest BCUT2D eigenvalue weighted by molar-refractivity contribution is 6.43. The van der Waals surface area contributed by atoms with E-state index >= 15 is 0 Å². The molecule has 0 saturated carbocycles. The van der Waals surface area contributed by atoms with Crippen LogP contribution in [0.4, 0.5) is 8.78 Å². The highest BCUT2D eigenvalue weighted by atomic mass is 35.5. The number of carbonyl (C=O) groups excluding carboxylic acids is 1. The SMILES string of the molecule is CO/N=C(/C(=O)OC)c1cccc(C)c1CO/N=C(\C)c1c(Cl)cc(Cl)cc1OC(C)(F)F. The zero-order valence-electron chi connectivity index (χ0n) is 18.5. The van der Waals surface area contributed by atoms with Crippen molar-refractivity contribution in [1.29, 1.82) is 0 Å². The fourth-order valence-corrected chi connectivity index (χ4v) is 3.53. The molecular formula is C22H22Cl2F2N2O5. The van der Waals surface area contributed by atoms with Crippen LogP contribution in [0.3, 0.4) is 0 Å². The number of methoxy groups -OCH3 is 1. The van der Waals surface area contributed by atoms with Gasteiger partial charge in [-0.1, -0.05) is 51.7 Å². The Labute approximate surface area is 199 Å². The van der Waals surface area contributed by atoms with Crippen LogP contribution in [-0.2, 0) is 25.8 Å². The average Bonchev–Trinajstić information content (AvgIpc) is 2.71. The maximum absolute atomic E-state index is 13.5. The van der Waals surface area contributed by atoms with Crippen LogP contribution in [0.25, 0.3) is 0 Å². The van der Waals surface area contributed by atoms with Gasteiger partial charge in [0.1, 0.15) is 19.5 Å². The molecule has 0 saturated heterocycles. The number of carbonyl (C=O) groups is 1. The van der Waals surface area contributed by atoms with Gasteiger partial charge in [-0.3, -0.25) is 0 Å². The lowest BCUT2D eigenvalue weighted by molar-refractivity contribution is -0.159. The van der Waals surface area contributed by atoms with Gasteiger partial charge in [0.05, 0.1) is 23.4 Å². The quantitative estimate of drug-likeness (QED) is 0.247. The van der Waals surface area contributed by atoms with Gasteiger partial charge in [-0.25, -0.2) is 4.79 Å². The highest BCUT2D eigenvalue weighted by Crippen LogP contribution is 2.34. The second kappa shape index (κ2) is 11.3. The Morgan fingerprint density at radius 2 is 1.85 bits per heavy atom. The van der Waals surface area contributed by atoms with E-state index in [2.05, 4.69) is 10.3 Å². The second-order valence-corrected chi connectivity index (χ2v) is 7.68. The van der Waals surface area contributed by atoms with Gasteiger partial charge >= 0.3 is 12.1 Å². The number of aryl methyl sites for hydroxylation is 1. The van der Waals surface area contributed by atoms with E-state index in [4.69, 9.17) is 42.4 Å². The minimum absolute atomic E-state index is 0.0513. The van der Waals surface area contributed by atoms with Crippen molar-refractivity contribution < 1.29 is 32.7 Å². The molecule has 0 aliphatic carbocycles. The zero-order valence-corrected chi connectivity index (χ0v) is 20.1. The molecule has 0 bridgehead atoms. The van der Waals surface area contributed by atoms with Crippen LogP contribution in [0, 0.1) is 6.92 Å². The Bertz CT molecular complexity index is 1090. The molecule has 0 aromatic heterocycles. The summed E-state index contributed by atoms with van der Waals surface area (Å²) in [5.41, 5.74) is 2.02. The van der Waals surface area contributed by atoms with E-state index in [1.807, 2.05) is 13.0 Å². The molecule has 33 heavy (non-hydrogen) atoms. The van der Waals surface area contributed by atoms with Gasteiger partial charge in [-0.2, -0.15) is 8.78 Å². The molecule has 0 heterocycles. The summed E-state index contributed by atoms with van der Waals surface area (Å²) < 4.78 is 36.4. The lowest BCUT2D eigenvalue weighted by Crippen LogP contribution is -2.21. The molecule has 0 unspecified atom stereocenters. The Kier molecular flexibility index (Phi) is 9.01. The maximum atomic E-state index is 13.5. The first-order chi connectivity index (χ1) is 15.5. The lowest BCUT2D eigenvalue weighted by atomic mass is 9.99. The minimum atomic E-state index is -3.47. The fourth-order valence-electron chi connectivity index (χ4n) is 2.91. The third-order valence-electron chi connectivity index (χ3n) is 4.31. The molecule has 7 nitrogen and oxygen atoms in total. The van der Waals surface area contributed by atoms with Gasteiger partial charge in [0.15, 0.2) is 5.71 Å². The molecule has 2 aromatic carbocycles. The smallest absolute Gasteiger partial charge is 0.394 e. The molecule has 0 amide bonds. The number of ether oxygens (including phenoxy) is 2. The lowest BCUT2D eigenvalue weighted by Gasteiger charge is -2.17. The van der Waals surface area contributed by atoms with Crippen LogP contribution in [0.5, 0.6) is 5.75 Å². The number of benzene rings is 2. The molecule has 178 valence electrons. The predicted octanol–water partition coefficient (Wildman–Crippen LogP) is 5.76. The summed E-state index contributed by atoms with van der Waals surface area (Å²) in [7, 11) is 2.53. The van der Waals surface area contributed by atoms with Crippen LogP contribution in [0.2, 0.25) is 10.0 Å². The number of rotatable bonds is 9. The van der Waals surface area contributed by atoms with Crippen LogP contribution in [-0.4, -0.2) is 37.7 Å². The summed E-state index contributed by atoms with van der Waals surface area (Å²) in [6.07, 6.45) is -3.47. The summed E-state index contributed by atoms with van der Waals surface area (Å²) in [4.78, 5) is 22.4. The number of hydrogen-bond donors (Lipinski definition) is 0. The Balaban J connectivity index is 2.39. The molecule has 0 spiro atoms. The van der Waals surface area contributed by atoms with E-state index in [9.17, 15) is 13.6 Å². The van der Waals surface area contributed by atoms with E-state index in [0.717, 1.165) is 5.56 Å². The first kappa shape index (κ1) is 26.3. The van der Waals surface area contributed by atoms with Crippen molar-refractivity contribution in [2.75, 3.05) is 14.2 Å². The summed E-state index contributed by atoms with van der Waals surface area (Å²) >= 11 is 12.1. The molecule has 0 radical (unpaired) electrons. The zero-order chi connectivity index (χ0) is 24.8. The molecule has 0 atom stereocenters. The minimum Gasteiger partial charge on any atom is -0.464 e. The number of oxime groups is 2. The number of hydrogen-bond acceptors (Lipinski definition) is 7. The third-order valence-corrected chi connectivity index (χ3v) is 4.82. The average molecular weight is 503 g/mol. The highest BCUT2D eigenvalue weighted by Gasteiger charge is 2.27. The van der Waals surface area contributed by atoms with E-state index in [1.54, 1.807) is 12.1 Å². The van der Waals surface area contributed by atoms with Gasteiger partial charge < -0.3 is 19.1 Å². The van der Waals surface area contributed by atoms with Gasteiger partial charge in [0.2, 0.25) is 0 Å². The van der Waals surface area contributed by atoms with Gasteiger partial charge in [0.25, 0.3) is 0 Å². The Morgan fingerprint density at radius 3 is 2.45 bits per heavy atom. The van der Waals surface area contributed by atoms with Crippen molar-refractivity contribution in [2.45, 2.75) is 33.5 Å². The number of esters is 1. The first-order valence-corrected chi connectivity index (χ1v) is 10.2. The van der Waals surface area contributed by atoms with Crippen molar-refractivity contribution in [3.63, 3.8) is 0 Å². The molecule has 0 N–H and O–H groups in total. The van der Waals surface area contributed by atoms with Crippen molar-refractivity contribution >= 4 is 40.6 Å². The van der Waals surface area contributed by atoms with Crippen LogP contribution < -0.4 is 4.74 Å². The molecule has 2 rings (SSSR count). The number of halogens is 4.